The van der Waals surface area contributed by atoms with Crippen LogP contribution in [-0.2, 0) is 7.05 Å². The highest BCUT2D eigenvalue weighted by Gasteiger charge is 2.22. The zero-order chi connectivity index (χ0) is 22.8. The van der Waals surface area contributed by atoms with Crippen molar-refractivity contribution in [1.82, 2.24) is 19.5 Å². The second-order valence-electron chi connectivity index (χ2n) is 7.54. The number of hydrogen-bond acceptors (Lipinski definition) is 7. The molecule has 0 aliphatic rings. The van der Waals surface area contributed by atoms with E-state index in [9.17, 15) is 0 Å². The molecule has 0 radical (unpaired) electrons. The SMILES string of the molecule is COc1cc(OC)cc(C(Nc2nc(-c3ccsc3)nc3ccccc23)c2nccn2C)c1. The molecule has 8 heteroatoms. The third-order valence-electron chi connectivity index (χ3n) is 5.49. The van der Waals surface area contributed by atoms with Gasteiger partial charge in [0.1, 0.15) is 29.2 Å². The Labute approximate surface area is 195 Å². The molecule has 5 aromatic rings. The Morgan fingerprint density at radius 1 is 1.00 bits per heavy atom. The second-order valence-corrected chi connectivity index (χ2v) is 8.32. The molecule has 0 aliphatic heterocycles. The first kappa shape index (κ1) is 21.0. The molecule has 3 heterocycles. The number of aryl methyl sites for hydroxylation is 1. The van der Waals surface area contributed by atoms with Crippen molar-refractivity contribution in [2.24, 2.45) is 7.05 Å². The molecular formula is C25H23N5O2S. The van der Waals surface area contributed by atoms with Crippen molar-refractivity contribution in [3.8, 4) is 22.9 Å². The normalized spacial score (nSPS) is 12.0. The number of hydrogen-bond donors (Lipinski definition) is 1. The number of rotatable bonds is 7. The van der Waals surface area contributed by atoms with Crippen molar-refractivity contribution in [2.45, 2.75) is 6.04 Å². The van der Waals surface area contributed by atoms with Crippen LogP contribution in [0.3, 0.4) is 0 Å². The summed E-state index contributed by atoms with van der Waals surface area (Å²) in [4.78, 5) is 14.3. The molecule has 0 amide bonds. The van der Waals surface area contributed by atoms with Crippen LogP contribution in [0.1, 0.15) is 17.4 Å². The van der Waals surface area contributed by atoms with E-state index in [4.69, 9.17) is 19.4 Å². The summed E-state index contributed by atoms with van der Waals surface area (Å²) >= 11 is 1.62. The predicted octanol–water partition coefficient (Wildman–Crippen LogP) is 5.31. The van der Waals surface area contributed by atoms with Crippen molar-refractivity contribution < 1.29 is 9.47 Å². The molecule has 0 aliphatic carbocycles. The maximum Gasteiger partial charge on any atom is 0.162 e. The average molecular weight is 458 g/mol. The van der Waals surface area contributed by atoms with E-state index in [1.54, 1.807) is 31.8 Å². The van der Waals surface area contributed by atoms with Crippen molar-refractivity contribution in [1.29, 1.82) is 0 Å². The number of nitrogens with zero attached hydrogens (tertiary/aromatic N) is 4. The first-order valence-corrected chi connectivity index (χ1v) is 11.4. The van der Waals surface area contributed by atoms with Crippen molar-refractivity contribution in [3.63, 3.8) is 0 Å². The van der Waals surface area contributed by atoms with E-state index in [0.29, 0.717) is 17.3 Å². The summed E-state index contributed by atoms with van der Waals surface area (Å²) in [7, 11) is 5.27. The number of benzene rings is 2. The number of fused-ring (bicyclic) bond motifs is 1. The molecule has 5 rings (SSSR count). The van der Waals surface area contributed by atoms with Crippen molar-refractivity contribution in [3.05, 3.63) is 83.1 Å². The van der Waals surface area contributed by atoms with Gasteiger partial charge in [-0.15, -0.1) is 0 Å². The monoisotopic (exact) mass is 457 g/mol. The van der Waals surface area contributed by atoms with Gasteiger partial charge in [-0.2, -0.15) is 11.3 Å². The number of para-hydroxylation sites is 1. The van der Waals surface area contributed by atoms with Crippen LogP contribution in [-0.4, -0.2) is 33.7 Å². The largest absolute Gasteiger partial charge is 0.497 e. The molecule has 0 fully saturated rings. The summed E-state index contributed by atoms with van der Waals surface area (Å²) < 4.78 is 13.0. The smallest absolute Gasteiger partial charge is 0.162 e. The van der Waals surface area contributed by atoms with Gasteiger partial charge in [-0.25, -0.2) is 15.0 Å². The Balaban J connectivity index is 1.68. The average Bonchev–Trinajstić information content (AvgIpc) is 3.54. The standard InChI is InChI=1S/C25H23N5O2S/c1-30-10-9-26-25(30)22(17-12-18(31-2)14-19(13-17)32-3)28-24-20-6-4-5-7-21(20)27-23(29-24)16-8-11-33-15-16/h4-15,22H,1-3H3,(H,27,28,29). The number of ether oxygens (including phenoxy) is 2. The van der Waals surface area contributed by atoms with E-state index in [1.165, 1.54) is 0 Å². The van der Waals surface area contributed by atoms with Gasteiger partial charge in [-0.05, 0) is 41.3 Å². The Kier molecular flexibility index (Phi) is 5.66. The summed E-state index contributed by atoms with van der Waals surface area (Å²) in [6.45, 7) is 0. The molecule has 0 bridgehead atoms. The fourth-order valence-electron chi connectivity index (χ4n) is 3.79. The van der Waals surface area contributed by atoms with E-state index >= 15 is 0 Å². The van der Waals surface area contributed by atoms with Crippen LogP contribution in [0.4, 0.5) is 5.82 Å². The first-order valence-electron chi connectivity index (χ1n) is 10.4. The van der Waals surface area contributed by atoms with Crippen LogP contribution in [0, 0.1) is 0 Å². The van der Waals surface area contributed by atoms with Gasteiger partial charge in [-0.1, -0.05) is 12.1 Å². The van der Waals surface area contributed by atoms with Gasteiger partial charge in [0.25, 0.3) is 0 Å². The molecule has 1 unspecified atom stereocenters. The summed E-state index contributed by atoms with van der Waals surface area (Å²) in [5, 5.41) is 8.66. The molecular weight excluding hydrogens is 434 g/mol. The number of imidazole rings is 1. The molecule has 3 aromatic heterocycles. The molecule has 1 N–H and O–H groups in total. The zero-order valence-electron chi connectivity index (χ0n) is 18.5. The molecule has 0 saturated carbocycles. The molecule has 1 atom stereocenters. The lowest BCUT2D eigenvalue weighted by molar-refractivity contribution is 0.393. The van der Waals surface area contributed by atoms with E-state index in [0.717, 1.165) is 33.7 Å². The van der Waals surface area contributed by atoms with Gasteiger partial charge in [0.15, 0.2) is 5.82 Å². The Bertz CT molecular complexity index is 1380. The lowest BCUT2D eigenvalue weighted by Crippen LogP contribution is -2.18. The quantitative estimate of drug-likeness (QED) is 0.357. The highest BCUT2D eigenvalue weighted by Crippen LogP contribution is 2.34. The Morgan fingerprint density at radius 2 is 1.79 bits per heavy atom. The maximum absolute atomic E-state index is 5.52. The summed E-state index contributed by atoms with van der Waals surface area (Å²) in [5.41, 5.74) is 2.81. The van der Waals surface area contributed by atoms with E-state index in [2.05, 4.69) is 15.7 Å². The maximum atomic E-state index is 5.52. The number of aromatic nitrogens is 4. The Hall–Kier alpha value is -3.91. The van der Waals surface area contributed by atoms with Gasteiger partial charge in [0.05, 0.1) is 19.7 Å². The van der Waals surface area contributed by atoms with Crippen LogP contribution in [0.5, 0.6) is 11.5 Å². The van der Waals surface area contributed by atoms with E-state index in [1.807, 2.05) is 71.7 Å². The lowest BCUT2D eigenvalue weighted by Gasteiger charge is -2.22. The van der Waals surface area contributed by atoms with Crippen molar-refractivity contribution >= 4 is 28.1 Å². The molecule has 7 nitrogen and oxygen atoms in total. The van der Waals surface area contributed by atoms with Gasteiger partial charge < -0.3 is 19.4 Å². The van der Waals surface area contributed by atoms with Crippen LogP contribution in [0.2, 0.25) is 0 Å². The molecule has 2 aromatic carbocycles. The van der Waals surface area contributed by atoms with Gasteiger partial charge >= 0.3 is 0 Å². The third-order valence-corrected chi connectivity index (χ3v) is 6.17. The molecule has 33 heavy (non-hydrogen) atoms. The minimum absolute atomic E-state index is 0.303. The number of anilines is 1. The van der Waals surface area contributed by atoms with Gasteiger partial charge in [0, 0.05) is 41.8 Å². The van der Waals surface area contributed by atoms with Gasteiger partial charge in [0.2, 0.25) is 0 Å². The molecule has 0 spiro atoms. The third kappa shape index (κ3) is 4.12. The lowest BCUT2D eigenvalue weighted by atomic mass is 10.0. The molecule has 166 valence electrons. The van der Waals surface area contributed by atoms with Crippen molar-refractivity contribution in [2.75, 3.05) is 19.5 Å². The van der Waals surface area contributed by atoms with Crippen LogP contribution < -0.4 is 14.8 Å². The minimum atomic E-state index is -0.303. The summed E-state index contributed by atoms with van der Waals surface area (Å²) in [6, 6.07) is 15.6. The fourth-order valence-corrected chi connectivity index (χ4v) is 4.43. The Morgan fingerprint density at radius 3 is 2.45 bits per heavy atom. The van der Waals surface area contributed by atoms with E-state index < -0.39 is 0 Å². The van der Waals surface area contributed by atoms with Crippen LogP contribution in [0.15, 0.2) is 71.7 Å². The number of methoxy groups -OCH3 is 2. The van der Waals surface area contributed by atoms with Crippen LogP contribution in [0.25, 0.3) is 22.3 Å². The van der Waals surface area contributed by atoms with Crippen LogP contribution >= 0.6 is 11.3 Å². The summed E-state index contributed by atoms with van der Waals surface area (Å²) in [6.07, 6.45) is 3.71. The van der Waals surface area contributed by atoms with E-state index in [-0.39, 0.29) is 6.04 Å². The number of nitrogens with one attached hydrogen (secondary N) is 1. The van der Waals surface area contributed by atoms with Gasteiger partial charge in [-0.3, -0.25) is 0 Å². The topological polar surface area (TPSA) is 74.1 Å². The molecule has 0 saturated heterocycles. The second kappa shape index (κ2) is 8.91. The minimum Gasteiger partial charge on any atom is -0.497 e. The first-order chi connectivity index (χ1) is 16.2. The fraction of sp³-hybridized carbons (Fsp3) is 0.160. The summed E-state index contributed by atoms with van der Waals surface area (Å²) in [5.74, 6) is 3.66. The highest BCUT2D eigenvalue weighted by atomic mass is 32.1. The number of thiophene rings is 1. The zero-order valence-corrected chi connectivity index (χ0v) is 19.3. The highest BCUT2D eigenvalue weighted by molar-refractivity contribution is 7.08. The predicted molar refractivity (Wildman–Crippen MR) is 131 cm³/mol.